The predicted octanol–water partition coefficient (Wildman–Crippen LogP) is 2.31. The van der Waals surface area contributed by atoms with Crippen molar-refractivity contribution < 1.29 is 19.7 Å². The maximum absolute atomic E-state index is 11.2. The highest BCUT2D eigenvalue weighted by Crippen LogP contribution is 2.33. The van der Waals surface area contributed by atoms with E-state index in [2.05, 4.69) is 0 Å². The van der Waals surface area contributed by atoms with Crippen molar-refractivity contribution in [3.8, 4) is 0 Å². The van der Waals surface area contributed by atoms with Gasteiger partial charge in [0.25, 0.3) is 0 Å². The maximum Gasteiger partial charge on any atom is 0.407 e. The minimum atomic E-state index is -1.02. The van der Waals surface area contributed by atoms with Crippen molar-refractivity contribution >= 4 is 27.5 Å². The number of hydrogen-bond donors (Lipinski definition) is 2. The molecule has 1 fully saturated rings. The molecule has 3 rings (SSSR count). The van der Waals surface area contributed by atoms with Gasteiger partial charge in [-0.2, -0.15) is 0 Å². The third-order valence-electron chi connectivity index (χ3n) is 3.51. The Morgan fingerprint density at radius 1 is 1.45 bits per heavy atom. The molecule has 106 valence electrons. The second-order valence-electron chi connectivity index (χ2n) is 4.75. The van der Waals surface area contributed by atoms with E-state index < -0.39 is 18.2 Å². The lowest BCUT2D eigenvalue weighted by Gasteiger charge is -2.35. The molecule has 0 aliphatic carbocycles. The van der Waals surface area contributed by atoms with Crippen LogP contribution in [0.25, 0.3) is 10.1 Å². The standard InChI is InChI=1S/C14H15NO4S/c16-13(10-8-19-6-5-15(10)14(17)18)12-7-9-3-1-2-4-11(9)20-12/h1-4,7,10,13,16H,5-6,8H2,(H,17,18). The van der Waals surface area contributed by atoms with Crippen molar-refractivity contribution in [1.82, 2.24) is 4.90 Å². The largest absolute Gasteiger partial charge is 0.465 e. The van der Waals surface area contributed by atoms with Gasteiger partial charge in [-0.3, -0.25) is 4.90 Å². The third kappa shape index (κ3) is 2.37. The van der Waals surface area contributed by atoms with Crippen molar-refractivity contribution in [1.29, 1.82) is 0 Å². The van der Waals surface area contributed by atoms with Crippen LogP contribution in [0.4, 0.5) is 4.79 Å². The van der Waals surface area contributed by atoms with Crippen LogP contribution >= 0.6 is 11.3 Å². The van der Waals surface area contributed by atoms with Gasteiger partial charge in [0.1, 0.15) is 6.10 Å². The molecule has 1 amide bonds. The number of hydrogen-bond acceptors (Lipinski definition) is 4. The fourth-order valence-electron chi connectivity index (χ4n) is 2.46. The smallest absolute Gasteiger partial charge is 0.407 e. The molecule has 0 bridgehead atoms. The summed E-state index contributed by atoms with van der Waals surface area (Å²) in [6, 6.07) is 9.23. The molecule has 0 radical (unpaired) electrons. The summed E-state index contributed by atoms with van der Waals surface area (Å²) < 4.78 is 6.40. The van der Waals surface area contributed by atoms with E-state index in [0.717, 1.165) is 15.0 Å². The van der Waals surface area contributed by atoms with Crippen LogP contribution in [0, 0.1) is 0 Å². The average molecular weight is 293 g/mol. The lowest BCUT2D eigenvalue weighted by molar-refractivity contribution is -0.0482. The minimum Gasteiger partial charge on any atom is -0.465 e. The Labute approximate surface area is 120 Å². The van der Waals surface area contributed by atoms with E-state index in [-0.39, 0.29) is 6.61 Å². The average Bonchev–Trinajstić information content (AvgIpc) is 2.90. The van der Waals surface area contributed by atoms with Crippen molar-refractivity contribution in [2.24, 2.45) is 0 Å². The van der Waals surface area contributed by atoms with E-state index in [1.807, 2.05) is 30.3 Å². The van der Waals surface area contributed by atoms with E-state index in [1.54, 1.807) is 0 Å². The van der Waals surface area contributed by atoms with Gasteiger partial charge in [0.05, 0.1) is 19.3 Å². The Balaban J connectivity index is 1.89. The molecule has 5 nitrogen and oxygen atoms in total. The number of carboxylic acid groups (broad SMARTS) is 1. The van der Waals surface area contributed by atoms with Gasteiger partial charge in [0, 0.05) is 16.1 Å². The molecule has 2 atom stereocenters. The number of amides is 1. The first kappa shape index (κ1) is 13.4. The summed E-state index contributed by atoms with van der Waals surface area (Å²) in [6.07, 6.45) is -1.87. The summed E-state index contributed by atoms with van der Waals surface area (Å²) in [5, 5.41) is 20.8. The third-order valence-corrected chi connectivity index (χ3v) is 4.70. The molecule has 1 saturated heterocycles. The zero-order valence-electron chi connectivity index (χ0n) is 10.7. The van der Waals surface area contributed by atoms with Crippen LogP contribution in [-0.4, -0.2) is 47.0 Å². The van der Waals surface area contributed by atoms with Crippen molar-refractivity contribution in [2.45, 2.75) is 12.1 Å². The number of ether oxygens (including phenoxy) is 1. The zero-order chi connectivity index (χ0) is 14.1. The van der Waals surface area contributed by atoms with Gasteiger partial charge in [-0.1, -0.05) is 18.2 Å². The Bertz CT molecular complexity index is 593. The molecule has 0 spiro atoms. The number of rotatable bonds is 2. The van der Waals surface area contributed by atoms with E-state index in [0.29, 0.717) is 13.2 Å². The topological polar surface area (TPSA) is 70.0 Å². The second-order valence-corrected chi connectivity index (χ2v) is 5.87. The minimum absolute atomic E-state index is 0.224. The molecule has 1 aliphatic rings. The molecule has 6 heteroatoms. The van der Waals surface area contributed by atoms with Crippen LogP contribution in [0.15, 0.2) is 30.3 Å². The van der Waals surface area contributed by atoms with Gasteiger partial charge in [0.15, 0.2) is 0 Å². The number of thiophene rings is 1. The quantitative estimate of drug-likeness (QED) is 0.891. The Morgan fingerprint density at radius 3 is 3.00 bits per heavy atom. The molecular weight excluding hydrogens is 278 g/mol. The van der Waals surface area contributed by atoms with Crippen molar-refractivity contribution in [3.63, 3.8) is 0 Å². The van der Waals surface area contributed by atoms with Gasteiger partial charge < -0.3 is 14.9 Å². The van der Waals surface area contributed by atoms with Gasteiger partial charge >= 0.3 is 6.09 Å². The summed E-state index contributed by atoms with van der Waals surface area (Å²) in [7, 11) is 0. The number of nitrogens with zero attached hydrogens (tertiary/aromatic N) is 1. The molecule has 2 unspecified atom stereocenters. The molecular formula is C14H15NO4S. The van der Waals surface area contributed by atoms with Gasteiger partial charge in [-0.05, 0) is 17.5 Å². The zero-order valence-corrected chi connectivity index (χ0v) is 11.5. The molecule has 20 heavy (non-hydrogen) atoms. The second kappa shape index (κ2) is 5.40. The van der Waals surface area contributed by atoms with Crippen molar-refractivity contribution in [2.75, 3.05) is 19.8 Å². The van der Waals surface area contributed by atoms with Gasteiger partial charge in [0.2, 0.25) is 0 Å². The van der Waals surface area contributed by atoms with Gasteiger partial charge in [-0.15, -0.1) is 11.3 Å². The molecule has 2 N–H and O–H groups in total. The lowest BCUT2D eigenvalue weighted by Crippen LogP contribution is -2.50. The SMILES string of the molecule is O=C(O)N1CCOCC1C(O)c1cc2ccccc2s1. The van der Waals surface area contributed by atoms with Gasteiger partial charge in [-0.25, -0.2) is 4.79 Å². The molecule has 1 aromatic heterocycles. The van der Waals surface area contributed by atoms with Crippen LogP contribution in [-0.2, 0) is 4.74 Å². The monoisotopic (exact) mass is 293 g/mol. The molecule has 1 aromatic carbocycles. The lowest BCUT2D eigenvalue weighted by atomic mass is 10.1. The normalized spacial score (nSPS) is 21.1. The summed E-state index contributed by atoms with van der Waals surface area (Å²) in [5.41, 5.74) is 0. The molecule has 0 saturated carbocycles. The highest BCUT2D eigenvalue weighted by molar-refractivity contribution is 7.19. The number of benzene rings is 1. The maximum atomic E-state index is 11.2. The number of fused-ring (bicyclic) bond motifs is 1. The van der Waals surface area contributed by atoms with Crippen LogP contribution < -0.4 is 0 Å². The summed E-state index contributed by atoms with van der Waals surface area (Å²) in [5.74, 6) is 0. The van der Waals surface area contributed by atoms with Crippen LogP contribution in [0.5, 0.6) is 0 Å². The number of aliphatic hydroxyl groups is 1. The van der Waals surface area contributed by atoms with Crippen LogP contribution in [0.2, 0.25) is 0 Å². The molecule has 2 aromatic rings. The first-order valence-corrected chi connectivity index (χ1v) is 7.22. The van der Waals surface area contributed by atoms with E-state index in [9.17, 15) is 15.0 Å². The van der Waals surface area contributed by atoms with Crippen LogP contribution in [0.3, 0.4) is 0 Å². The first-order valence-electron chi connectivity index (χ1n) is 6.40. The van der Waals surface area contributed by atoms with E-state index >= 15 is 0 Å². The molecule has 2 heterocycles. The fourth-order valence-corrected chi connectivity index (χ4v) is 3.57. The number of aliphatic hydroxyl groups excluding tert-OH is 1. The van der Waals surface area contributed by atoms with Crippen molar-refractivity contribution in [3.05, 3.63) is 35.2 Å². The Hall–Kier alpha value is -1.63. The fraction of sp³-hybridized carbons (Fsp3) is 0.357. The van der Waals surface area contributed by atoms with E-state index in [1.165, 1.54) is 16.2 Å². The summed E-state index contributed by atoms with van der Waals surface area (Å²) in [6.45, 7) is 0.894. The highest BCUT2D eigenvalue weighted by Gasteiger charge is 2.34. The Kier molecular flexibility index (Phi) is 3.60. The first-order chi connectivity index (χ1) is 9.66. The summed E-state index contributed by atoms with van der Waals surface area (Å²) >= 11 is 1.49. The Morgan fingerprint density at radius 2 is 2.25 bits per heavy atom. The predicted molar refractivity (Wildman–Crippen MR) is 76.1 cm³/mol. The number of morpholine rings is 1. The molecule has 1 aliphatic heterocycles. The van der Waals surface area contributed by atoms with E-state index in [4.69, 9.17) is 4.74 Å². The highest BCUT2D eigenvalue weighted by atomic mass is 32.1. The number of carbonyl (C=O) groups is 1. The van der Waals surface area contributed by atoms with Crippen LogP contribution in [0.1, 0.15) is 11.0 Å². The summed E-state index contributed by atoms with van der Waals surface area (Å²) in [4.78, 5) is 13.3.